The standard InChI is InChI=1S/C14H27N3O/c1-4-17-8-9-18-13(11-17)10-16-7-5-6-14(2,3)12-15/h13,16H,4-11H2,1-3H3. The third-order valence-electron chi connectivity index (χ3n) is 3.50. The first-order valence-corrected chi connectivity index (χ1v) is 7.03. The van der Waals surface area contributed by atoms with Crippen molar-refractivity contribution in [2.45, 2.75) is 39.7 Å². The number of likely N-dealkylation sites (N-methyl/N-ethyl adjacent to an activating group) is 1. The number of nitrogens with one attached hydrogen (secondary N) is 1. The van der Waals surface area contributed by atoms with Crippen molar-refractivity contribution >= 4 is 0 Å². The van der Waals surface area contributed by atoms with Gasteiger partial charge in [-0.05, 0) is 39.8 Å². The molecular weight excluding hydrogens is 226 g/mol. The first-order chi connectivity index (χ1) is 8.57. The lowest BCUT2D eigenvalue weighted by molar-refractivity contribution is -0.0252. The highest BCUT2D eigenvalue weighted by Gasteiger charge is 2.19. The Kier molecular flexibility index (Phi) is 6.62. The number of morpholine rings is 1. The lowest BCUT2D eigenvalue weighted by Gasteiger charge is -2.32. The van der Waals surface area contributed by atoms with Crippen molar-refractivity contribution in [2.75, 3.05) is 39.3 Å². The minimum atomic E-state index is -0.192. The van der Waals surface area contributed by atoms with Crippen molar-refractivity contribution in [1.29, 1.82) is 5.26 Å². The molecule has 18 heavy (non-hydrogen) atoms. The molecule has 1 aliphatic heterocycles. The maximum atomic E-state index is 8.91. The molecular formula is C14H27N3O. The molecule has 0 saturated carbocycles. The van der Waals surface area contributed by atoms with Crippen LogP contribution in [0.4, 0.5) is 0 Å². The average molecular weight is 253 g/mol. The van der Waals surface area contributed by atoms with Gasteiger partial charge in [-0.3, -0.25) is 4.90 Å². The van der Waals surface area contributed by atoms with Gasteiger partial charge in [0.05, 0.1) is 24.2 Å². The van der Waals surface area contributed by atoms with E-state index in [2.05, 4.69) is 23.2 Å². The molecule has 1 N–H and O–H groups in total. The summed E-state index contributed by atoms with van der Waals surface area (Å²) in [5.41, 5.74) is -0.192. The summed E-state index contributed by atoms with van der Waals surface area (Å²) >= 11 is 0. The second kappa shape index (κ2) is 7.73. The molecule has 1 aliphatic rings. The predicted molar refractivity (Wildman–Crippen MR) is 73.4 cm³/mol. The van der Waals surface area contributed by atoms with Crippen molar-refractivity contribution in [1.82, 2.24) is 10.2 Å². The smallest absolute Gasteiger partial charge is 0.0826 e. The zero-order valence-corrected chi connectivity index (χ0v) is 12.0. The Morgan fingerprint density at radius 3 is 2.94 bits per heavy atom. The third kappa shape index (κ3) is 5.81. The van der Waals surface area contributed by atoms with Gasteiger partial charge >= 0.3 is 0 Å². The van der Waals surface area contributed by atoms with Crippen molar-refractivity contribution < 1.29 is 4.74 Å². The Labute approximate surface area is 111 Å². The van der Waals surface area contributed by atoms with Crippen molar-refractivity contribution in [3.8, 4) is 6.07 Å². The van der Waals surface area contributed by atoms with Gasteiger partial charge in [0, 0.05) is 19.6 Å². The second-order valence-electron chi connectivity index (χ2n) is 5.69. The highest BCUT2D eigenvalue weighted by molar-refractivity contribution is 4.91. The molecule has 0 amide bonds. The topological polar surface area (TPSA) is 48.3 Å². The maximum Gasteiger partial charge on any atom is 0.0826 e. The van der Waals surface area contributed by atoms with Gasteiger partial charge in [0.2, 0.25) is 0 Å². The van der Waals surface area contributed by atoms with Crippen molar-refractivity contribution in [3.05, 3.63) is 0 Å². The number of hydrogen-bond acceptors (Lipinski definition) is 4. The van der Waals surface area contributed by atoms with Gasteiger partial charge in [-0.2, -0.15) is 5.26 Å². The largest absolute Gasteiger partial charge is 0.374 e. The molecule has 0 bridgehead atoms. The van der Waals surface area contributed by atoms with E-state index in [1.54, 1.807) is 0 Å². The van der Waals surface area contributed by atoms with E-state index in [1.165, 1.54) is 0 Å². The van der Waals surface area contributed by atoms with Crippen molar-refractivity contribution in [3.63, 3.8) is 0 Å². The molecule has 0 aromatic carbocycles. The fourth-order valence-corrected chi connectivity index (χ4v) is 2.17. The highest BCUT2D eigenvalue weighted by atomic mass is 16.5. The monoisotopic (exact) mass is 253 g/mol. The maximum absolute atomic E-state index is 8.91. The Balaban J connectivity index is 2.06. The third-order valence-corrected chi connectivity index (χ3v) is 3.50. The number of hydrogen-bond donors (Lipinski definition) is 1. The molecule has 4 heteroatoms. The number of rotatable bonds is 7. The minimum Gasteiger partial charge on any atom is -0.374 e. The van der Waals surface area contributed by atoms with Crippen LogP contribution >= 0.6 is 0 Å². The van der Waals surface area contributed by atoms with E-state index < -0.39 is 0 Å². The number of nitriles is 1. The first-order valence-electron chi connectivity index (χ1n) is 7.03. The SMILES string of the molecule is CCN1CCOC(CNCCCC(C)(C)C#N)C1. The zero-order chi connectivity index (χ0) is 13.4. The van der Waals surface area contributed by atoms with Crippen LogP contribution in [0.5, 0.6) is 0 Å². The Hall–Kier alpha value is -0.630. The lowest BCUT2D eigenvalue weighted by Crippen LogP contribution is -2.46. The summed E-state index contributed by atoms with van der Waals surface area (Å²) in [6.45, 7) is 12.1. The predicted octanol–water partition coefficient (Wildman–Crippen LogP) is 1.63. The van der Waals surface area contributed by atoms with Crippen LogP contribution in [-0.2, 0) is 4.74 Å². The van der Waals surface area contributed by atoms with E-state index in [9.17, 15) is 0 Å². The summed E-state index contributed by atoms with van der Waals surface area (Å²) < 4.78 is 5.72. The van der Waals surface area contributed by atoms with Gasteiger partial charge in [0.25, 0.3) is 0 Å². The van der Waals surface area contributed by atoms with E-state index in [1.807, 2.05) is 13.8 Å². The van der Waals surface area contributed by atoms with Gasteiger partial charge in [0.15, 0.2) is 0 Å². The van der Waals surface area contributed by atoms with Crippen molar-refractivity contribution in [2.24, 2.45) is 5.41 Å². The van der Waals surface area contributed by atoms with Crippen LogP contribution < -0.4 is 5.32 Å². The Morgan fingerprint density at radius 2 is 2.28 bits per heavy atom. The summed E-state index contributed by atoms with van der Waals surface area (Å²) in [5, 5.41) is 12.4. The molecule has 1 unspecified atom stereocenters. The fourth-order valence-electron chi connectivity index (χ4n) is 2.17. The van der Waals surface area contributed by atoms with E-state index in [0.717, 1.165) is 52.2 Å². The Bertz CT molecular complexity index is 273. The molecule has 0 radical (unpaired) electrons. The van der Waals surface area contributed by atoms with E-state index in [4.69, 9.17) is 10.00 Å². The van der Waals surface area contributed by atoms with E-state index in [0.29, 0.717) is 6.10 Å². The average Bonchev–Trinajstić information content (AvgIpc) is 2.38. The van der Waals surface area contributed by atoms with Gasteiger partial charge < -0.3 is 10.1 Å². The van der Waals surface area contributed by atoms with Crippen LogP contribution in [0, 0.1) is 16.7 Å². The normalized spacial score (nSPS) is 21.8. The number of nitrogens with zero attached hydrogens (tertiary/aromatic N) is 2. The van der Waals surface area contributed by atoms with Crippen LogP contribution in [0.15, 0.2) is 0 Å². The summed E-state index contributed by atoms with van der Waals surface area (Å²) in [6.07, 6.45) is 2.32. The molecule has 1 fully saturated rings. The Morgan fingerprint density at radius 1 is 1.50 bits per heavy atom. The van der Waals surface area contributed by atoms with Gasteiger partial charge in [-0.15, -0.1) is 0 Å². The summed E-state index contributed by atoms with van der Waals surface area (Å²) in [7, 11) is 0. The molecule has 0 aromatic rings. The van der Waals surface area contributed by atoms with E-state index >= 15 is 0 Å². The molecule has 1 atom stereocenters. The molecule has 0 aliphatic carbocycles. The van der Waals surface area contributed by atoms with Crippen LogP contribution in [0.3, 0.4) is 0 Å². The molecule has 1 heterocycles. The lowest BCUT2D eigenvalue weighted by atomic mass is 9.90. The molecule has 0 spiro atoms. The summed E-state index contributed by atoms with van der Waals surface area (Å²) in [5.74, 6) is 0. The van der Waals surface area contributed by atoms with Crippen LogP contribution in [0.1, 0.15) is 33.6 Å². The van der Waals surface area contributed by atoms with Crippen LogP contribution in [0.25, 0.3) is 0 Å². The molecule has 1 rings (SSSR count). The molecule has 1 saturated heterocycles. The minimum absolute atomic E-state index is 0.192. The highest BCUT2D eigenvalue weighted by Crippen LogP contribution is 2.19. The molecule has 104 valence electrons. The van der Waals surface area contributed by atoms with Gasteiger partial charge in [-0.1, -0.05) is 6.92 Å². The zero-order valence-electron chi connectivity index (χ0n) is 12.0. The van der Waals surface area contributed by atoms with Crippen LogP contribution in [-0.4, -0.2) is 50.3 Å². The quantitative estimate of drug-likeness (QED) is 0.701. The number of ether oxygens (including phenoxy) is 1. The van der Waals surface area contributed by atoms with Crippen LogP contribution in [0.2, 0.25) is 0 Å². The summed E-state index contributed by atoms with van der Waals surface area (Å²) in [6, 6.07) is 2.34. The van der Waals surface area contributed by atoms with Gasteiger partial charge in [-0.25, -0.2) is 0 Å². The van der Waals surface area contributed by atoms with E-state index in [-0.39, 0.29) is 5.41 Å². The van der Waals surface area contributed by atoms with Gasteiger partial charge in [0.1, 0.15) is 0 Å². The fraction of sp³-hybridized carbons (Fsp3) is 0.929. The second-order valence-corrected chi connectivity index (χ2v) is 5.69. The molecule has 4 nitrogen and oxygen atoms in total. The molecule has 0 aromatic heterocycles. The summed E-state index contributed by atoms with van der Waals surface area (Å²) in [4.78, 5) is 2.43. The first kappa shape index (κ1) is 15.4.